The number of carbonyl (C=O) groups is 1. The molecule has 3 rings (SSSR count). The van der Waals surface area contributed by atoms with Crippen molar-refractivity contribution in [1.29, 1.82) is 0 Å². The number of ether oxygens (including phenoxy) is 3. The van der Waals surface area contributed by atoms with Gasteiger partial charge in [0.1, 0.15) is 17.2 Å². The molecule has 126 valence electrons. The number of rotatable bonds is 6. The van der Waals surface area contributed by atoms with Gasteiger partial charge in [-0.05, 0) is 36.2 Å². The van der Waals surface area contributed by atoms with Crippen LogP contribution in [0.2, 0.25) is 0 Å². The van der Waals surface area contributed by atoms with Crippen molar-refractivity contribution < 1.29 is 19.0 Å². The van der Waals surface area contributed by atoms with E-state index < -0.39 is 0 Å². The van der Waals surface area contributed by atoms with Gasteiger partial charge in [-0.3, -0.25) is 4.79 Å². The van der Waals surface area contributed by atoms with Crippen molar-refractivity contribution in [3.63, 3.8) is 0 Å². The van der Waals surface area contributed by atoms with Gasteiger partial charge in [0.05, 0.1) is 26.9 Å². The SMILES string of the molecule is COc1ccc(OC)c(C(=O)N[C@@H]2C[C@@H]2c2ccccc2OC)c1. The average molecular weight is 327 g/mol. The van der Waals surface area contributed by atoms with Crippen LogP contribution in [-0.2, 0) is 0 Å². The van der Waals surface area contributed by atoms with Gasteiger partial charge in [0, 0.05) is 12.0 Å². The zero-order chi connectivity index (χ0) is 17.1. The summed E-state index contributed by atoms with van der Waals surface area (Å²) < 4.78 is 15.9. The molecular formula is C19H21NO4. The number of methoxy groups -OCH3 is 3. The number of para-hydroxylation sites is 1. The Morgan fingerprint density at radius 2 is 1.75 bits per heavy atom. The number of carbonyl (C=O) groups excluding carboxylic acids is 1. The number of hydrogen-bond donors (Lipinski definition) is 1. The molecule has 1 N–H and O–H groups in total. The first-order chi connectivity index (χ1) is 11.7. The van der Waals surface area contributed by atoms with Crippen LogP contribution in [0.1, 0.15) is 28.3 Å². The van der Waals surface area contributed by atoms with Crippen LogP contribution in [0.4, 0.5) is 0 Å². The van der Waals surface area contributed by atoms with E-state index in [9.17, 15) is 4.79 Å². The molecule has 0 bridgehead atoms. The fourth-order valence-electron chi connectivity index (χ4n) is 2.91. The van der Waals surface area contributed by atoms with Crippen LogP contribution < -0.4 is 19.5 Å². The van der Waals surface area contributed by atoms with Crippen LogP contribution in [0.25, 0.3) is 0 Å². The second-order valence-corrected chi connectivity index (χ2v) is 5.73. The van der Waals surface area contributed by atoms with Crippen molar-refractivity contribution in [2.45, 2.75) is 18.4 Å². The molecule has 0 saturated heterocycles. The topological polar surface area (TPSA) is 56.8 Å². The van der Waals surface area contributed by atoms with Gasteiger partial charge in [-0.2, -0.15) is 0 Å². The van der Waals surface area contributed by atoms with E-state index in [0.717, 1.165) is 17.7 Å². The maximum absolute atomic E-state index is 12.6. The van der Waals surface area contributed by atoms with Crippen LogP contribution >= 0.6 is 0 Å². The van der Waals surface area contributed by atoms with E-state index in [4.69, 9.17) is 14.2 Å². The molecule has 1 amide bonds. The fourth-order valence-corrected chi connectivity index (χ4v) is 2.91. The molecule has 24 heavy (non-hydrogen) atoms. The van der Waals surface area contributed by atoms with Gasteiger partial charge in [-0.15, -0.1) is 0 Å². The molecule has 1 aliphatic carbocycles. The predicted molar refractivity (Wildman–Crippen MR) is 91.2 cm³/mol. The minimum atomic E-state index is -0.159. The van der Waals surface area contributed by atoms with E-state index in [1.54, 1.807) is 39.5 Å². The number of amides is 1. The second kappa shape index (κ2) is 6.83. The molecule has 0 aliphatic heterocycles. The Hall–Kier alpha value is -2.69. The van der Waals surface area contributed by atoms with Gasteiger partial charge in [0.25, 0.3) is 5.91 Å². The first kappa shape index (κ1) is 16.2. The lowest BCUT2D eigenvalue weighted by molar-refractivity contribution is 0.0947. The highest BCUT2D eigenvalue weighted by molar-refractivity contribution is 5.97. The van der Waals surface area contributed by atoms with E-state index in [2.05, 4.69) is 5.32 Å². The summed E-state index contributed by atoms with van der Waals surface area (Å²) in [5.74, 6) is 2.13. The van der Waals surface area contributed by atoms with E-state index in [1.165, 1.54) is 0 Å². The molecule has 5 nitrogen and oxygen atoms in total. The zero-order valence-corrected chi connectivity index (χ0v) is 14.0. The number of benzene rings is 2. The zero-order valence-electron chi connectivity index (χ0n) is 14.0. The minimum absolute atomic E-state index is 0.102. The Morgan fingerprint density at radius 1 is 1.00 bits per heavy atom. The first-order valence-corrected chi connectivity index (χ1v) is 7.83. The molecule has 1 fully saturated rings. The Labute approximate surface area is 141 Å². The third kappa shape index (κ3) is 3.15. The Morgan fingerprint density at radius 3 is 2.46 bits per heavy atom. The van der Waals surface area contributed by atoms with Crippen molar-refractivity contribution >= 4 is 5.91 Å². The normalized spacial score (nSPS) is 18.6. The fraction of sp³-hybridized carbons (Fsp3) is 0.316. The summed E-state index contributed by atoms with van der Waals surface area (Å²) in [6.07, 6.45) is 0.901. The lowest BCUT2D eigenvalue weighted by Gasteiger charge is -2.11. The van der Waals surface area contributed by atoms with Crippen LogP contribution in [0.5, 0.6) is 17.2 Å². The molecule has 0 aromatic heterocycles. The summed E-state index contributed by atoms with van der Waals surface area (Å²) in [5.41, 5.74) is 1.60. The van der Waals surface area contributed by atoms with Crippen molar-refractivity contribution in [3.8, 4) is 17.2 Å². The summed E-state index contributed by atoms with van der Waals surface area (Å²) in [5, 5.41) is 3.07. The number of hydrogen-bond acceptors (Lipinski definition) is 4. The Kier molecular flexibility index (Phi) is 4.60. The van der Waals surface area contributed by atoms with Gasteiger partial charge in [0.2, 0.25) is 0 Å². The molecule has 1 aliphatic rings. The van der Waals surface area contributed by atoms with Gasteiger partial charge in [-0.25, -0.2) is 0 Å². The summed E-state index contributed by atoms with van der Waals surface area (Å²) in [7, 11) is 4.78. The van der Waals surface area contributed by atoms with Gasteiger partial charge in [0.15, 0.2) is 0 Å². The van der Waals surface area contributed by atoms with Gasteiger partial charge < -0.3 is 19.5 Å². The van der Waals surface area contributed by atoms with Crippen molar-refractivity contribution in [2.24, 2.45) is 0 Å². The van der Waals surface area contributed by atoms with Crippen LogP contribution in [-0.4, -0.2) is 33.3 Å². The average Bonchev–Trinajstić information content (AvgIpc) is 3.39. The highest BCUT2D eigenvalue weighted by atomic mass is 16.5. The monoisotopic (exact) mass is 327 g/mol. The molecule has 0 radical (unpaired) electrons. The van der Waals surface area contributed by atoms with Crippen molar-refractivity contribution in [2.75, 3.05) is 21.3 Å². The van der Waals surface area contributed by atoms with E-state index >= 15 is 0 Å². The van der Waals surface area contributed by atoms with Crippen molar-refractivity contribution in [1.82, 2.24) is 5.32 Å². The minimum Gasteiger partial charge on any atom is -0.497 e. The molecule has 1 saturated carbocycles. The van der Waals surface area contributed by atoms with E-state index in [1.807, 2.05) is 24.3 Å². The van der Waals surface area contributed by atoms with Crippen LogP contribution in [0.3, 0.4) is 0 Å². The molecule has 5 heteroatoms. The first-order valence-electron chi connectivity index (χ1n) is 7.83. The molecule has 2 atom stereocenters. The summed E-state index contributed by atoms with van der Waals surface area (Å²) in [4.78, 5) is 12.6. The lowest BCUT2D eigenvalue weighted by Crippen LogP contribution is -2.27. The molecular weight excluding hydrogens is 306 g/mol. The Bertz CT molecular complexity index is 744. The maximum atomic E-state index is 12.6. The molecule has 2 aromatic carbocycles. The molecule has 0 unspecified atom stereocenters. The van der Waals surface area contributed by atoms with E-state index in [-0.39, 0.29) is 17.9 Å². The molecule has 0 heterocycles. The largest absolute Gasteiger partial charge is 0.497 e. The highest BCUT2D eigenvalue weighted by Crippen LogP contribution is 2.44. The smallest absolute Gasteiger partial charge is 0.255 e. The highest BCUT2D eigenvalue weighted by Gasteiger charge is 2.41. The summed E-state index contributed by atoms with van der Waals surface area (Å²) in [6.45, 7) is 0. The van der Waals surface area contributed by atoms with Crippen molar-refractivity contribution in [3.05, 3.63) is 53.6 Å². The summed E-state index contributed by atoms with van der Waals surface area (Å²) >= 11 is 0. The number of nitrogens with one attached hydrogen (secondary N) is 1. The maximum Gasteiger partial charge on any atom is 0.255 e. The lowest BCUT2D eigenvalue weighted by atomic mass is 10.1. The van der Waals surface area contributed by atoms with Gasteiger partial charge in [-0.1, -0.05) is 18.2 Å². The van der Waals surface area contributed by atoms with E-state index in [0.29, 0.717) is 17.1 Å². The molecule has 0 spiro atoms. The standard InChI is InChI=1S/C19H21NO4/c1-22-12-8-9-18(24-3)15(10-12)19(21)20-16-11-14(16)13-6-4-5-7-17(13)23-2/h4-10,14,16H,11H2,1-3H3,(H,20,21)/t14-,16-/m1/s1. The third-order valence-electron chi connectivity index (χ3n) is 4.30. The van der Waals surface area contributed by atoms with Crippen LogP contribution in [0.15, 0.2) is 42.5 Å². The Balaban J connectivity index is 1.73. The summed E-state index contributed by atoms with van der Waals surface area (Å²) in [6, 6.07) is 13.2. The quantitative estimate of drug-likeness (QED) is 0.886. The van der Waals surface area contributed by atoms with Crippen LogP contribution in [0, 0.1) is 0 Å². The van der Waals surface area contributed by atoms with Gasteiger partial charge >= 0.3 is 0 Å². The second-order valence-electron chi connectivity index (χ2n) is 5.73. The predicted octanol–water partition coefficient (Wildman–Crippen LogP) is 3.00. The molecule has 2 aromatic rings. The third-order valence-corrected chi connectivity index (χ3v) is 4.30.